The Morgan fingerprint density at radius 1 is 1.26 bits per heavy atom. The van der Waals surface area contributed by atoms with Crippen molar-refractivity contribution in [3.8, 4) is 0 Å². The Balaban J connectivity index is 1.99. The fourth-order valence-electron chi connectivity index (χ4n) is 2.66. The molecule has 1 aliphatic heterocycles. The van der Waals surface area contributed by atoms with E-state index in [1.54, 1.807) is 6.07 Å². The van der Waals surface area contributed by atoms with Gasteiger partial charge in [-0.05, 0) is 24.3 Å². The second-order valence-corrected chi connectivity index (χ2v) is 7.15. The first-order chi connectivity index (χ1) is 12.6. The minimum absolute atomic E-state index is 0.232. The van der Waals surface area contributed by atoms with E-state index in [0.29, 0.717) is 11.3 Å². The number of halogens is 5. The molecule has 4 N–H and O–H groups in total. The molecule has 0 saturated carbocycles. The Kier molecular flexibility index (Phi) is 5.23. The number of hydrogen-bond acceptors (Lipinski definition) is 4. The Bertz CT molecular complexity index is 938. The van der Waals surface area contributed by atoms with Crippen LogP contribution in [0.5, 0.6) is 0 Å². The van der Waals surface area contributed by atoms with Crippen molar-refractivity contribution in [1.82, 2.24) is 10.4 Å². The summed E-state index contributed by atoms with van der Waals surface area (Å²) >= 11 is 7.81. The van der Waals surface area contributed by atoms with Crippen LogP contribution in [0.4, 0.5) is 18.9 Å². The Hall–Kier alpha value is -2.05. The van der Waals surface area contributed by atoms with E-state index < -0.39 is 33.2 Å². The molecule has 2 amide bonds. The van der Waals surface area contributed by atoms with Crippen LogP contribution in [0.1, 0.15) is 35.9 Å². The Morgan fingerprint density at radius 2 is 1.96 bits per heavy atom. The summed E-state index contributed by atoms with van der Waals surface area (Å²) in [4.78, 5) is 24.5. The number of nitrogens with zero attached hydrogens (tertiary/aromatic N) is 1. The van der Waals surface area contributed by atoms with Crippen LogP contribution in [0.25, 0.3) is 0 Å². The fourth-order valence-corrected chi connectivity index (χ4v) is 3.85. The third kappa shape index (κ3) is 3.56. The molecule has 0 spiro atoms. The molecule has 2 aromatic carbocycles. The predicted octanol–water partition coefficient (Wildman–Crippen LogP) is 3.88. The zero-order chi connectivity index (χ0) is 19.9. The number of nitrogen functional groups attached to an aromatic ring is 1. The molecule has 11 heteroatoms. The second-order valence-electron chi connectivity index (χ2n) is 5.56. The number of nitrogens with two attached hydrogens (primary N) is 1. The third-order valence-corrected chi connectivity index (χ3v) is 5.47. The Morgan fingerprint density at radius 3 is 2.59 bits per heavy atom. The highest BCUT2D eigenvalue weighted by Crippen LogP contribution is 2.43. The van der Waals surface area contributed by atoms with E-state index in [2.05, 4.69) is 5.43 Å². The molecule has 3 rings (SSSR count). The van der Waals surface area contributed by atoms with Gasteiger partial charge in [0.2, 0.25) is 0 Å². The van der Waals surface area contributed by atoms with E-state index in [9.17, 15) is 22.8 Å². The smallest absolute Gasteiger partial charge is 0.294 e. The van der Waals surface area contributed by atoms with Gasteiger partial charge < -0.3 is 0 Å². The van der Waals surface area contributed by atoms with Gasteiger partial charge in [0, 0.05) is 11.1 Å². The van der Waals surface area contributed by atoms with E-state index in [-0.39, 0.29) is 10.6 Å². The molecule has 2 aromatic rings. The second kappa shape index (κ2) is 7.17. The minimum Gasteiger partial charge on any atom is -0.294 e. The molecule has 142 valence electrons. The number of alkyl halides is 4. The lowest BCUT2D eigenvalue weighted by molar-refractivity contribution is -0.138. The lowest BCUT2D eigenvalue weighted by Crippen LogP contribution is -2.34. The zero-order valence-electron chi connectivity index (χ0n) is 13.3. The molecule has 1 atom stereocenters. The van der Waals surface area contributed by atoms with Gasteiger partial charge in [-0.1, -0.05) is 46.3 Å². The number of anilines is 1. The molecule has 0 bridgehead atoms. The van der Waals surface area contributed by atoms with Crippen molar-refractivity contribution in [2.24, 2.45) is 5.84 Å². The molecule has 0 aromatic heterocycles. The summed E-state index contributed by atoms with van der Waals surface area (Å²) in [5.74, 6) is 3.62. The first-order valence-electron chi connectivity index (χ1n) is 7.40. The molecule has 0 radical (unpaired) electrons. The highest BCUT2D eigenvalue weighted by molar-refractivity contribution is 14.1. The van der Waals surface area contributed by atoms with Crippen LogP contribution < -0.4 is 16.7 Å². The van der Waals surface area contributed by atoms with Crippen LogP contribution in [0.15, 0.2) is 36.4 Å². The maximum Gasteiger partial charge on any atom is 0.417 e. The number of nitrogens with one attached hydrogen (secondary N) is 2. The van der Waals surface area contributed by atoms with Crippen molar-refractivity contribution >= 4 is 51.7 Å². The highest BCUT2D eigenvalue weighted by atomic mass is 127. The topological polar surface area (TPSA) is 87.5 Å². The quantitative estimate of drug-likeness (QED) is 0.143. The first kappa shape index (κ1) is 19.7. The summed E-state index contributed by atoms with van der Waals surface area (Å²) in [7, 11) is 0. The molecular weight excluding hydrogens is 500 g/mol. The van der Waals surface area contributed by atoms with Gasteiger partial charge >= 0.3 is 6.18 Å². The van der Waals surface area contributed by atoms with Gasteiger partial charge in [-0.15, -0.1) is 0 Å². The summed E-state index contributed by atoms with van der Waals surface area (Å²) in [5.41, 5.74) is 4.22. The number of hydrogen-bond donors (Lipinski definition) is 3. The number of rotatable bonds is 2. The average molecular weight is 511 g/mol. The van der Waals surface area contributed by atoms with Crippen molar-refractivity contribution in [2.45, 2.75) is 10.2 Å². The van der Waals surface area contributed by atoms with Crippen LogP contribution in [0.3, 0.4) is 0 Å². The molecule has 1 aliphatic rings. The zero-order valence-corrected chi connectivity index (χ0v) is 16.2. The SMILES string of the molecule is NNC(=O)c1ccc2c(c1)NN(C(=O)c1c(Cl)cccc1C(F)(F)F)C2I. The molecule has 1 unspecified atom stereocenters. The number of amides is 2. The summed E-state index contributed by atoms with van der Waals surface area (Å²) in [6.07, 6.45) is -4.74. The van der Waals surface area contributed by atoms with Crippen LogP contribution in [-0.2, 0) is 6.18 Å². The van der Waals surface area contributed by atoms with E-state index >= 15 is 0 Å². The van der Waals surface area contributed by atoms with Crippen LogP contribution >= 0.6 is 34.2 Å². The van der Waals surface area contributed by atoms with Crippen LogP contribution in [-0.4, -0.2) is 16.8 Å². The highest BCUT2D eigenvalue weighted by Gasteiger charge is 2.40. The van der Waals surface area contributed by atoms with Gasteiger partial charge in [0.05, 0.1) is 21.8 Å². The summed E-state index contributed by atoms with van der Waals surface area (Å²) in [6.45, 7) is 0. The maximum atomic E-state index is 13.3. The first-order valence-corrected chi connectivity index (χ1v) is 9.02. The van der Waals surface area contributed by atoms with Crippen LogP contribution in [0, 0.1) is 0 Å². The number of benzene rings is 2. The number of carbonyl (C=O) groups excluding carboxylic acids is 2. The van der Waals surface area contributed by atoms with E-state index in [4.69, 9.17) is 17.4 Å². The van der Waals surface area contributed by atoms with Gasteiger partial charge in [0.1, 0.15) is 4.05 Å². The van der Waals surface area contributed by atoms with E-state index in [0.717, 1.165) is 17.1 Å². The van der Waals surface area contributed by atoms with Gasteiger partial charge in [-0.2, -0.15) is 13.2 Å². The monoisotopic (exact) mass is 510 g/mol. The lowest BCUT2D eigenvalue weighted by atomic mass is 10.1. The Labute approximate surface area is 169 Å². The number of hydrazine groups is 2. The molecule has 0 aliphatic carbocycles. The summed E-state index contributed by atoms with van der Waals surface area (Å²) in [5, 5.41) is 0.727. The number of fused-ring (bicyclic) bond motifs is 1. The summed E-state index contributed by atoms with van der Waals surface area (Å²) in [6, 6.07) is 7.70. The molecule has 6 nitrogen and oxygen atoms in total. The molecule has 27 heavy (non-hydrogen) atoms. The third-order valence-electron chi connectivity index (χ3n) is 3.92. The molecule has 0 saturated heterocycles. The van der Waals surface area contributed by atoms with Crippen molar-refractivity contribution < 1.29 is 22.8 Å². The minimum atomic E-state index is -4.74. The van der Waals surface area contributed by atoms with Gasteiger partial charge in [-0.3, -0.25) is 20.4 Å². The average Bonchev–Trinajstić information content (AvgIpc) is 2.95. The van der Waals surface area contributed by atoms with Gasteiger partial charge in [-0.25, -0.2) is 10.9 Å². The fraction of sp³-hybridized carbons (Fsp3) is 0.125. The van der Waals surface area contributed by atoms with Crippen molar-refractivity contribution in [3.05, 3.63) is 63.7 Å². The molecule has 1 heterocycles. The lowest BCUT2D eigenvalue weighted by Gasteiger charge is -2.23. The van der Waals surface area contributed by atoms with Crippen LogP contribution in [0.2, 0.25) is 5.02 Å². The largest absolute Gasteiger partial charge is 0.417 e. The van der Waals surface area contributed by atoms with Gasteiger partial charge in [0.15, 0.2) is 0 Å². The summed E-state index contributed by atoms with van der Waals surface area (Å²) < 4.78 is 39.3. The van der Waals surface area contributed by atoms with Crippen molar-refractivity contribution in [3.63, 3.8) is 0 Å². The van der Waals surface area contributed by atoms with Crippen molar-refractivity contribution in [1.29, 1.82) is 0 Å². The van der Waals surface area contributed by atoms with Crippen molar-refractivity contribution in [2.75, 3.05) is 5.43 Å². The van der Waals surface area contributed by atoms with Gasteiger partial charge in [0.25, 0.3) is 11.8 Å². The molecular formula is C16H11ClF3IN4O2. The van der Waals surface area contributed by atoms with E-state index in [1.807, 2.05) is 28.0 Å². The predicted molar refractivity (Wildman–Crippen MR) is 101 cm³/mol. The maximum absolute atomic E-state index is 13.3. The molecule has 0 fully saturated rings. The normalized spacial score (nSPS) is 15.9. The standard InChI is InChI=1S/C16H11ClF3IN4O2/c17-10-3-1-2-9(16(18,19)20)12(10)15(27)25-13(21)8-5-4-7(14(26)23-22)6-11(8)24-25/h1-6,13,24H,22H2,(H,23,26). The van der Waals surface area contributed by atoms with E-state index in [1.165, 1.54) is 18.2 Å². The number of carbonyl (C=O) groups is 2.